The Morgan fingerprint density at radius 2 is 1.84 bits per heavy atom. The highest BCUT2D eigenvalue weighted by molar-refractivity contribution is 5.69. The molecule has 3 atom stereocenters. The molecule has 1 saturated heterocycles. The van der Waals surface area contributed by atoms with Crippen LogP contribution in [-0.4, -0.2) is 40.3 Å². The lowest BCUT2D eigenvalue weighted by molar-refractivity contribution is 0.0785. The number of piperidine rings is 1. The number of pyridine rings is 2. The zero-order chi connectivity index (χ0) is 26.1. The molecule has 0 spiro atoms. The van der Waals surface area contributed by atoms with E-state index in [1.807, 2.05) is 13.0 Å². The van der Waals surface area contributed by atoms with E-state index in [4.69, 9.17) is 5.73 Å². The molecule has 3 heterocycles. The lowest BCUT2D eigenvalue weighted by Crippen LogP contribution is -2.55. The van der Waals surface area contributed by atoms with Crippen LogP contribution in [0, 0.1) is 29.3 Å². The Morgan fingerprint density at radius 1 is 1.08 bits per heavy atom. The molecular formula is C28H32F3N5O. The van der Waals surface area contributed by atoms with E-state index in [1.54, 1.807) is 12.4 Å². The number of aromatic nitrogens is 2. The van der Waals surface area contributed by atoms with Crippen molar-refractivity contribution < 1.29 is 18.3 Å². The van der Waals surface area contributed by atoms with Crippen molar-refractivity contribution in [3.05, 3.63) is 71.4 Å². The highest BCUT2D eigenvalue weighted by Crippen LogP contribution is 2.34. The van der Waals surface area contributed by atoms with Gasteiger partial charge in [0.2, 0.25) is 0 Å². The topological polar surface area (TPSA) is 87.3 Å². The summed E-state index contributed by atoms with van der Waals surface area (Å²) in [4.78, 5) is 10.6. The normalized spacial score (nSPS) is 22.1. The summed E-state index contributed by atoms with van der Waals surface area (Å²) in [6.07, 6.45) is 6.70. The lowest BCUT2D eigenvalue weighted by Gasteiger charge is -2.40. The Kier molecular flexibility index (Phi) is 7.35. The minimum Gasteiger partial charge on any atom is -0.391 e. The van der Waals surface area contributed by atoms with Crippen LogP contribution in [0.1, 0.15) is 37.4 Å². The van der Waals surface area contributed by atoms with Crippen LogP contribution in [0.2, 0.25) is 0 Å². The van der Waals surface area contributed by atoms with Crippen molar-refractivity contribution >= 4 is 11.4 Å². The van der Waals surface area contributed by atoms with E-state index in [1.165, 1.54) is 24.3 Å². The Balaban J connectivity index is 1.35. The van der Waals surface area contributed by atoms with Crippen LogP contribution in [-0.2, 0) is 13.0 Å². The molecule has 0 amide bonds. The Hall–Kier alpha value is -3.17. The van der Waals surface area contributed by atoms with E-state index >= 15 is 0 Å². The minimum atomic E-state index is -0.807. The maximum absolute atomic E-state index is 15.0. The first-order chi connectivity index (χ1) is 17.8. The lowest BCUT2D eigenvalue weighted by atomic mass is 9.81. The number of halogens is 3. The average Bonchev–Trinajstić information content (AvgIpc) is 2.84. The summed E-state index contributed by atoms with van der Waals surface area (Å²) in [5.41, 5.74) is 7.92. The van der Waals surface area contributed by atoms with Gasteiger partial charge in [-0.2, -0.15) is 0 Å². The summed E-state index contributed by atoms with van der Waals surface area (Å²) in [5, 5.41) is 13.5. The molecule has 1 aliphatic carbocycles. The molecule has 4 N–H and O–H groups in total. The van der Waals surface area contributed by atoms with Crippen LogP contribution in [0.5, 0.6) is 0 Å². The van der Waals surface area contributed by atoms with Crippen molar-refractivity contribution in [3.63, 3.8) is 0 Å². The summed E-state index contributed by atoms with van der Waals surface area (Å²) in [5.74, 6) is -1.95. The van der Waals surface area contributed by atoms with Crippen LogP contribution in [0.3, 0.4) is 0 Å². The number of anilines is 2. The number of nitrogens with zero attached hydrogens (tertiary/aromatic N) is 3. The van der Waals surface area contributed by atoms with E-state index < -0.39 is 29.1 Å². The summed E-state index contributed by atoms with van der Waals surface area (Å²) in [7, 11) is 0. The Morgan fingerprint density at radius 3 is 2.51 bits per heavy atom. The van der Waals surface area contributed by atoms with Gasteiger partial charge in [-0.25, -0.2) is 18.2 Å². The van der Waals surface area contributed by atoms with Crippen LogP contribution in [0.4, 0.5) is 24.5 Å². The fourth-order valence-corrected chi connectivity index (χ4v) is 5.25. The molecule has 1 saturated carbocycles. The van der Waals surface area contributed by atoms with E-state index in [0.717, 1.165) is 24.9 Å². The predicted octanol–water partition coefficient (Wildman–Crippen LogP) is 4.66. The molecule has 196 valence electrons. The molecule has 1 aliphatic heterocycles. The minimum absolute atomic E-state index is 0.00371. The summed E-state index contributed by atoms with van der Waals surface area (Å²) in [6, 6.07) is 6.74. The summed E-state index contributed by atoms with van der Waals surface area (Å²) in [6.45, 7) is 3.25. The van der Waals surface area contributed by atoms with Gasteiger partial charge in [-0.3, -0.25) is 4.98 Å². The molecule has 2 aromatic heterocycles. The predicted molar refractivity (Wildman–Crippen MR) is 138 cm³/mol. The van der Waals surface area contributed by atoms with Gasteiger partial charge in [-0.15, -0.1) is 0 Å². The number of nitrogens with two attached hydrogens (primary N) is 1. The second-order valence-electron chi connectivity index (χ2n) is 10.4. The molecule has 0 unspecified atom stereocenters. The van der Waals surface area contributed by atoms with Gasteiger partial charge in [-0.05, 0) is 48.2 Å². The third-order valence-corrected chi connectivity index (χ3v) is 7.55. The quantitative estimate of drug-likeness (QED) is 0.428. The monoisotopic (exact) mass is 511 g/mol. The van der Waals surface area contributed by atoms with Gasteiger partial charge in [0, 0.05) is 31.2 Å². The van der Waals surface area contributed by atoms with Crippen LogP contribution >= 0.6 is 0 Å². The van der Waals surface area contributed by atoms with Crippen LogP contribution in [0.15, 0.2) is 42.7 Å². The highest BCUT2D eigenvalue weighted by atomic mass is 19.1. The molecule has 0 radical (unpaired) electrons. The molecule has 5 rings (SSSR count). The second kappa shape index (κ2) is 10.7. The average molecular weight is 512 g/mol. The maximum Gasteiger partial charge on any atom is 0.149 e. The van der Waals surface area contributed by atoms with E-state index in [-0.39, 0.29) is 24.2 Å². The van der Waals surface area contributed by atoms with E-state index in [0.29, 0.717) is 42.4 Å². The standard InChI is InChI=1S/C28H32F3N5O/c1-16-14-36(15-23(32)28(16)37)25-7-8-33-13-24(25)34-12-19-5-6-20(29)27(35-19)26-21(30)10-18(11-22(26)31)9-17-3-2-4-17/h5-8,10-11,13,16-17,23,28,34,37H,2-4,9,12,14-15,32H2,1H3/t16-,23+,28+/m0/s1. The first kappa shape index (κ1) is 25.5. The highest BCUT2D eigenvalue weighted by Gasteiger charge is 2.31. The first-order valence-electron chi connectivity index (χ1n) is 12.8. The number of nitrogens with one attached hydrogen (secondary N) is 1. The fourth-order valence-electron chi connectivity index (χ4n) is 5.25. The number of hydrogen-bond acceptors (Lipinski definition) is 6. The van der Waals surface area contributed by atoms with Gasteiger partial charge in [0.25, 0.3) is 0 Å². The number of hydrogen-bond donors (Lipinski definition) is 3. The number of aliphatic hydroxyl groups excluding tert-OH is 1. The van der Waals surface area contributed by atoms with Gasteiger partial charge < -0.3 is 21.1 Å². The summed E-state index contributed by atoms with van der Waals surface area (Å²) >= 11 is 0. The Labute approximate surface area is 214 Å². The molecule has 37 heavy (non-hydrogen) atoms. The molecular weight excluding hydrogens is 479 g/mol. The van der Waals surface area contributed by atoms with Gasteiger partial charge in [-0.1, -0.05) is 26.2 Å². The van der Waals surface area contributed by atoms with Crippen LogP contribution in [0.25, 0.3) is 11.3 Å². The number of aliphatic hydroxyl groups is 1. The van der Waals surface area contributed by atoms with Gasteiger partial charge >= 0.3 is 0 Å². The zero-order valence-corrected chi connectivity index (χ0v) is 20.8. The van der Waals surface area contributed by atoms with Crippen molar-refractivity contribution in [1.29, 1.82) is 0 Å². The SMILES string of the molecule is C[C@H]1CN(c2ccncc2NCc2ccc(F)c(-c3c(F)cc(CC4CCC4)cc3F)n2)C[C@@H](N)[C@@H]1O. The van der Waals surface area contributed by atoms with Gasteiger partial charge in [0.1, 0.15) is 23.1 Å². The van der Waals surface area contributed by atoms with E-state index in [2.05, 4.69) is 20.2 Å². The van der Waals surface area contributed by atoms with Gasteiger partial charge in [0.05, 0.1) is 41.5 Å². The van der Waals surface area contributed by atoms with Crippen molar-refractivity contribution in [2.24, 2.45) is 17.6 Å². The number of rotatable bonds is 7. The Bertz CT molecular complexity index is 1230. The van der Waals surface area contributed by atoms with Crippen LogP contribution < -0.4 is 16.0 Å². The fraction of sp³-hybridized carbons (Fsp3) is 0.429. The molecule has 9 heteroatoms. The zero-order valence-electron chi connectivity index (χ0n) is 20.8. The van der Waals surface area contributed by atoms with Crippen molar-refractivity contribution in [2.75, 3.05) is 23.3 Å². The molecule has 1 aromatic carbocycles. The molecule has 6 nitrogen and oxygen atoms in total. The first-order valence-corrected chi connectivity index (χ1v) is 12.8. The third-order valence-electron chi connectivity index (χ3n) is 7.55. The maximum atomic E-state index is 15.0. The van der Waals surface area contributed by atoms with Crippen molar-refractivity contribution in [1.82, 2.24) is 9.97 Å². The number of benzene rings is 1. The smallest absolute Gasteiger partial charge is 0.149 e. The van der Waals surface area contributed by atoms with E-state index in [9.17, 15) is 18.3 Å². The second-order valence-corrected chi connectivity index (χ2v) is 10.4. The largest absolute Gasteiger partial charge is 0.391 e. The van der Waals surface area contributed by atoms with Crippen molar-refractivity contribution in [3.8, 4) is 11.3 Å². The molecule has 2 aliphatic rings. The molecule has 3 aromatic rings. The molecule has 0 bridgehead atoms. The van der Waals surface area contributed by atoms with Crippen molar-refractivity contribution in [2.45, 2.75) is 51.3 Å². The third kappa shape index (κ3) is 5.43. The molecule has 2 fully saturated rings. The van der Waals surface area contributed by atoms with Gasteiger partial charge in [0.15, 0.2) is 0 Å². The summed E-state index contributed by atoms with van der Waals surface area (Å²) < 4.78 is 44.7.